The van der Waals surface area contributed by atoms with Crippen molar-refractivity contribution in [3.63, 3.8) is 0 Å². The average molecular weight is 446 g/mol. The van der Waals surface area contributed by atoms with E-state index in [9.17, 15) is 4.79 Å². The third-order valence-corrected chi connectivity index (χ3v) is 4.93. The summed E-state index contributed by atoms with van der Waals surface area (Å²) in [5.74, 6) is 1.69. The maximum atomic E-state index is 12.7. The highest BCUT2D eigenvalue weighted by molar-refractivity contribution is 6.05. The molecule has 1 amide bonds. The smallest absolute Gasteiger partial charge is 0.260 e. The summed E-state index contributed by atoms with van der Waals surface area (Å²) in [5, 5.41) is 6.98. The summed E-state index contributed by atoms with van der Waals surface area (Å²) in [6.45, 7) is 1.86. The minimum Gasteiger partial charge on any atom is -0.493 e. The SMILES string of the molecule is COc1cc(-c2noc(-c3ccccc3NC(=O)c3ccc(C)nc3)n2)cc(OC)c1OC. The summed E-state index contributed by atoms with van der Waals surface area (Å²) in [6.07, 6.45) is 1.53. The van der Waals surface area contributed by atoms with E-state index in [2.05, 4.69) is 20.4 Å². The molecular weight excluding hydrogens is 424 g/mol. The van der Waals surface area contributed by atoms with E-state index in [0.717, 1.165) is 5.69 Å². The average Bonchev–Trinajstić information content (AvgIpc) is 3.34. The van der Waals surface area contributed by atoms with Crippen LogP contribution in [0.1, 0.15) is 16.1 Å². The highest BCUT2D eigenvalue weighted by Gasteiger charge is 2.19. The summed E-state index contributed by atoms with van der Waals surface area (Å²) >= 11 is 0. The van der Waals surface area contributed by atoms with Gasteiger partial charge >= 0.3 is 0 Å². The number of para-hydroxylation sites is 1. The van der Waals surface area contributed by atoms with Crippen LogP contribution in [0.15, 0.2) is 59.3 Å². The minimum absolute atomic E-state index is 0.247. The maximum Gasteiger partial charge on any atom is 0.260 e. The quantitative estimate of drug-likeness (QED) is 0.445. The summed E-state index contributed by atoms with van der Waals surface area (Å²) in [4.78, 5) is 21.4. The van der Waals surface area contributed by atoms with Crippen molar-refractivity contribution in [2.45, 2.75) is 6.92 Å². The Bertz CT molecular complexity index is 1260. The Balaban J connectivity index is 1.66. The number of carbonyl (C=O) groups is 1. The Morgan fingerprint density at radius 2 is 1.70 bits per heavy atom. The van der Waals surface area contributed by atoms with Gasteiger partial charge in [0, 0.05) is 17.5 Å². The number of ether oxygens (including phenoxy) is 3. The Morgan fingerprint density at radius 3 is 2.33 bits per heavy atom. The van der Waals surface area contributed by atoms with Gasteiger partial charge in [-0.2, -0.15) is 4.98 Å². The van der Waals surface area contributed by atoms with Crippen LogP contribution >= 0.6 is 0 Å². The van der Waals surface area contributed by atoms with Crippen molar-refractivity contribution < 1.29 is 23.5 Å². The number of methoxy groups -OCH3 is 3. The van der Waals surface area contributed by atoms with Gasteiger partial charge in [0.05, 0.1) is 38.1 Å². The van der Waals surface area contributed by atoms with Crippen LogP contribution < -0.4 is 19.5 Å². The van der Waals surface area contributed by atoms with E-state index >= 15 is 0 Å². The fourth-order valence-corrected chi connectivity index (χ4v) is 3.24. The molecule has 0 bridgehead atoms. The topological polar surface area (TPSA) is 109 Å². The van der Waals surface area contributed by atoms with Gasteiger partial charge in [-0.05, 0) is 43.3 Å². The number of anilines is 1. The first-order valence-corrected chi connectivity index (χ1v) is 10.0. The maximum absolute atomic E-state index is 12.7. The number of rotatable bonds is 7. The van der Waals surface area contributed by atoms with Gasteiger partial charge in [-0.1, -0.05) is 17.3 Å². The Hall–Kier alpha value is -4.40. The molecule has 2 heterocycles. The van der Waals surface area contributed by atoms with Gasteiger partial charge in [0.2, 0.25) is 11.6 Å². The van der Waals surface area contributed by atoms with E-state index in [0.29, 0.717) is 45.5 Å². The molecular formula is C24H22N4O5. The van der Waals surface area contributed by atoms with Gasteiger partial charge in [0.15, 0.2) is 11.5 Å². The molecule has 0 radical (unpaired) electrons. The van der Waals surface area contributed by atoms with E-state index in [1.165, 1.54) is 27.5 Å². The van der Waals surface area contributed by atoms with Crippen molar-refractivity contribution in [1.82, 2.24) is 15.1 Å². The number of pyridine rings is 1. The monoisotopic (exact) mass is 446 g/mol. The highest BCUT2D eigenvalue weighted by atomic mass is 16.5. The van der Waals surface area contributed by atoms with E-state index in [1.807, 2.05) is 19.1 Å². The van der Waals surface area contributed by atoms with Gasteiger partial charge in [-0.3, -0.25) is 9.78 Å². The molecule has 4 rings (SSSR count). The second-order valence-electron chi connectivity index (χ2n) is 7.03. The van der Waals surface area contributed by atoms with Crippen LogP contribution in [0.3, 0.4) is 0 Å². The van der Waals surface area contributed by atoms with Crippen molar-refractivity contribution >= 4 is 11.6 Å². The van der Waals surface area contributed by atoms with Crippen LogP contribution in [-0.4, -0.2) is 42.4 Å². The van der Waals surface area contributed by atoms with Crippen LogP contribution in [0, 0.1) is 6.92 Å². The first-order chi connectivity index (χ1) is 16.0. The first kappa shape index (κ1) is 21.8. The van der Waals surface area contributed by atoms with Gasteiger partial charge < -0.3 is 24.1 Å². The van der Waals surface area contributed by atoms with Crippen molar-refractivity contribution in [1.29, 1.82) is 0 Å². The lowest BCUT2D eigenvalue weighted by molar-refractivity contribution is 0.102. The van der Waals surface area contributed by atoms with Crippen LogP contribution in [0.25, 0.3) is 22.8 Å². The molecule has 0 atom stereocenters. The summed E-state index contributed by atoms with van der Waals surface area (Å²) in [7, 11) is 4.60. The molecule has 0 aliphatic rings. The number of hydrogen-bond donors (Lipinski definition) is 1. The molecule has 2 aromatic heterocycles. The van der Waals surface area contributed by atoms with Crippen molar-refractivity contribution in [3.8, 4) is 40.1 Å². The van der Waals surface area contributed by atoms with E-state index in [-0.39, 0.29) is 11.8 Å². The number of aryl methyl sites for hydroxylation is 1. The lowest BCUT2D eigenvalue weighted by Crippen LogP contribution is -2.13. The van der Waals surface area contributed by atoms with Gasteiger partial charge in [-0.25, -0.2) is 0 Å². The molecule has 9 heteroatoms. The number of benzene rings is 2. The Labute approximate surface area is 190 Å². The number of hydrogen-bond acceptors (Lipinski definition) is 8. The van der Waals surface area contributed by atoms with Crippen molar-refractivity contribution in [3.05, 3.63) is 66.0 Å². The van der Waals surface area contributed by atoms with Gasteiger partial charge in [-0.15, -0.1) is 0 Å². The van der Waals surface area contributed by atoms with Gasteiger partial charge in [0.25, 0.3) is 11.8 Å². The van der Waals surface area contributed by atoms with Crippen LogP contribution in [0.2, 0.25) is 0 Å². The molecule has 0 aliphatic carbocycles. The van der Waals surface area contributed by atoms with E-state index in [4.69, 9.17) is 18.7 Å². The first-order valence-electron chi connectivity index (χ1n) is 10.0. The molecule has 0 aliphatic heterocycles. The van der Waals surface area contributed by atoms with Crippen LogP contribution in [0.4, 0.5) is 5.69 Å². The number of aromatic nitrogens is 3. The lowest BCUT2D eigenvalue weighted by Gasteiger charge is -2.12. The summed E-state index contributed by atoms with van der Waals surface area (Å²) in [5.41, 5.74) is 3.00. The zero-order chi connectivity index (χ0) is 23.4. The predicted octanol–water partition coefficient (Wildman–Crippen LogP) is 4.39. The third-order valence-electron chi connectivity index (χ3n) is 4.93. The van der Waals surface area contributed by atoms with Crippen molar-refractivity contribution in [2.24, 2.45) is 0 Å². The summed E-state index contributed by atoms with van der Waals surface area (Å²) < 4.78 is 21.7. The molecule has 1 N–H and O–H groups in total. The molecule has 0 fully saturated rings. The summed E-state index contributed by atoms with van der Waals surface area (Å²) in [6, 6.07) is 14.1. The zero-order valence-corrected chi connectivity index (χ0v) is 18.6. The molecule has 0 unspecified atom stereocenters. The predicted molar refractivity (Wildman–Crippen MR) is 122 cm³/mol. The fraction of sp³-hybridized carbons (Fsp3) is 0.167. The molecule has 2 aromatic carbocycles. The Kier molecular flexibility index (Phi) is 6.21. The molecule has 0 spiro atoms. The molecule has 0 saturated heterocycles. The second-order valence-corrected chi connectivity index (χ2v) is 7.03. The highest BCUT2D eigenvalue weighted by Crippen LogP contribution is 2.41. The number of nitrogens with one attached hydrogen (secondary N) is 1. The number of amides is 1. The van der Waals surface area contributed by atoms with Crippen LogP contribution in [0.5, 0.6) is 17.2 Å². The van der Waals surface area contributed by atoms with E-state index < -0.39 is 0 Å². The Morgan fingerprint density at radius 1 is 0.970 bits per heavy atom. The third kappa shape index (κ3) is 4.47. The standard InChI is InChI=1S/C24H22N4O5/c1-14-9-10-15(13-25-14)23(29)26-18-8-6-5-7-17(18)24-27-22(28-33-24)16-11-19(30-2)21(32-4)20(12-16)31-3/h5-13H,1-4H3,(H,26,29). The molecule has 4 aromatic rings. The number of nitrogens with zero attached hydrogens (tertiary/aromatic N) is 3. The number of carbonyl (C=O) groups excluding carboxylic acids is 1. The van der Waals surface area contributed by atoms with E-state index in [1.54, 1.807) is 36.4 Å². The van der Waals surface area contributed by atoms with Crippen LogP contribution in [-0.2, 0) is 0 Å². The molecule has 9 nitrogen and oxygen atoms in total. The zero-order valence-electron chi connectivity index (χ0n) is 18.6. The normalized spacial score (nSPS) is 10.5. The van der Waals surface area contributed by atoms with Crippen molar-refractivity contribution in [2.75, 3.05) is 26.6 Å². The molecule has 33 heavy (non-hydrogen) atoms. The fourth-order valence-electron chi connectivity index (χ4n) is 3.24. The second kappa shape index (κ2) is 9.39. The minimum atomic E-state index is -0.292. The molecule has 168 valence electrons. The molecule has 0 saturated carbocycles. The largest absolute Gasteiger partial charge is 0.493 e. The lowest BCUT2D eigenvalue weighted by atomic mass is 10.1. The van der Waals surface area contributed by atoms with Gasteiger partial charge in [0.1, 0.15) is 0 Å².